The fraction of sp³-hybridized carbons (Fsp3) is 0.472. The molecule has 0 spiro atoms. The number of hydrogen-bond donors (Lipinski definition) is 0. The molecule has 40 heteroatoms. The lowest BCUT2D eigenvalue weighted by Gasteiger charge is -2.21. The van der Waals surface area contributed by atoms with Gasteiger partial charge in [-0.3, -0.25) is 70.2 Å². The van der Waals surface area contributed by atoms with E-state index in [1.165, 1.54) is 68.8 Å². The lowest BCUT2D eigenvalue weighted by atomic mass is 10.2. The Hall–Kier alpha value is -3.06. The number of non-ortho nitro benzene ring substituents is 2. The predicted molar refractivity (Wildman–Crippen MR) is 373 cm³/mol. The Balaban J connectivity index is 0.00000114. The normalized spacial score (nSPS) is 12.2. The molecule has 0 aliphatic heterocycles. The Kier molecular flexibility index (Phi) is 47.0. The summed E-state index contributed by atoms with van der Waals surface area (Å²) in [4.78, 5) is 44.0. The van der Waals surface area contributed by atoms with Crippen molar-refractivity contribution in [2.24, 2.45) is 0 Å². The second kappa shape index (κ2) is 48.6. The highest BCUT2D eigenvalue weighted by Gasteiger charge is 2.33. The molecule has 4 aromatic rings. The SMILES string of the molecule is CCOC(=O)CC(SP(=S)(OC)OC)C(=O)OCC.CCOP(=O)(OCC)O/C(=C/Cl)c1ccc(Cl)cc1Cl.CCOP(=O)(OCC)Oc1ccc([N+](=O)[O-])cc1.CCOP(=S)(OCC)Oc1ccc(S(C)=O)cc1.CCOP(=S)(OCC)Oc1ccc([N+](=O)[O-])cc1. The van der Waals surface area contributed by atoms with Gasteiger partial charge in [0, 0.05) is 100 Å². The van der Waals surface area contributed by atoms with Crippen LogP contribution in [0.15, 0.2) is 101 Å². The molecule has 0 aromatic heterocycles. The van der Waals surface area contributed by atoms with E-state index in [0.29, 0.717) is 53.5 Å². The summed E-state index contributed by atoms with van der Waals surface area (Å²) in [6.45, 7) is 14.6. The van der Waals surface area contributed by atoms with E-state index in [9.17, 15) is 43.2 Å². The van der Waals surface area contributed by atoms with Gasteiger partial charge in [0.25, 0.3) is 11.4 Å². The number of ether oxygens (including phenoxy) is 2. The van der Waals surface area contributed by atoms with Gasteiger partial charge in [0.1, 0.15) is 22.5 Å². The first-order valence-electron chi connectivity index (χ1n) is 27.6. The largest absolute Gasteiger partial charge is 0.530 e. The molecule has 4 aromatic carbocycles. The van der Waals surface area contributed by atoms with E-state index in [1.54, 1.807) is 98.0 Å². The summed E-state index contributed by atoms with van der Waals surface area (Å²) in [6, 6.07) is 22.4. The Morgan fingerprint density at radius 2 is 0.946 bits per heavy atom. The number of carbonyl (C=O) groups is 2. The van der Waals surface area contributed by atoms with Crippen LogP contribution >= 0.6 is 81.0 Å². The highest BCUT2D eigenvalue weighted by Crippen LogP contribution is 2.62. The molecule has 0 heterocycles. The number of benzene rings is 4. The van der Waals surface area contributed by atoms with Crippen molar-refractivity contribution < 1.29 is 106 Å². The van der Waals surface area contributed by atoms with Crippen molar-refractivity contribution in [3.8, 4) is 17.2 Å². The molecule has 93 heavy (non-hydrogen) atoms. The standard InChI is InChI=1S/C12H14Cl3O4P.C11H17O4PS2.C10H14NO6P.C10H14NO5PS.C10H19O6PS2/c1-3-17-20(16,18-4-2)19-12(8-13)10-6-5-9(14)7-11(10)15;1-4-13-16(17,14-5-2)15-10-6-8-11(9-7-10)18(3)12;1-3-15-18(14,16-4-2)17-10-7-5-9(6-8-10)11(12)13;1-3-14-17(18,15-4-2)16-10-7-5-9(6-8-10)11(12)13;1-5-15-9(11)7-8(10(12)16-6-2)19-17(18,13-3)14-4/h5-8H,3-4H2,1-2H3;6-9H,4-5H2,1-3H3;2*5-8H,3-4H2,1-2H3;8H,5-7H2,1-4H3/b12-8+;;;;. The summed E-state index contributed by atoms with van der Waals surface area (Å²) in [5.74, 6) is 0.218. The van der Waals surface area contributed by atoms with Crippen LogP contribution in [0.4, 0.5) is 11.4 Å². The highest BCUT2D eigenvalue weighted by atomic mass is 35.5. The zero-order chi connectivity index (χ0) is 70.9. The number of nitrogens with zero attached hydrogens (tertiary/aromatic N) is 2. The molecule has 0 N–H and O–H groups in total. The summed E-state index contributed by atoms with van der Waals surface area (Å²) < 4.78 is 118. The van der Waals surface area contributed by atoms with Gasteiger partial charge < -0.3 is 36.6 Å². The average Bonchev–Trinajstić information content (AvgIpc) is 1.02. The summed E-state index contributed by atoms with van der Waals surface area (Å²) >= 11 is 34.2. The highest BCUT2D eigenvalue weighted by molar-refractivity contribution is 8.68. The van der Waals surface area contributed by atoms with Gasteiger partial charge in [-0.1, -0.05) is 46.2 Å². The van der Waals surface area contributed by atoms with Crippen LogP contribution in [0.3, 0.4) is 0 Å². The number of phosphoric acid groups is 2. The number of phosphoric ester groups is 2. The van der Waals surface area contributed by atoms with Gasteiger partial charge in [0.05, 0.1) is 87.4 Å². The molecule has 0 amide bonds. The zero-order valence-corrected chi connectivity index (χ0v) is 63.9. The maximum Gasteiger partial charge on any atom is 0.530 e. The first kappa shape index (κ1) is 89.9. The fourth-order valence-corrected chi connectivity index (χ4v) is 17.7. The zero-order valence-electron chi connectivity index (χ0n) is 53.1. The van der Waals surface area contributed by atoms with E-state index in [4.69, 9.17) is 143 Å². The van der Waals surface area contributed by atoms with E-state index < -0.39 is 72.6 Å². The smallest absolute Gasteiger partial charge is 0.466 e. The predicted octanol–water partition coefficient (Wildman–Crippen LogP) is 17.4. The van der Waals surface area contributed by atoms with Crippen molar-refractivity contribution in [1.29, 1.82) is 0 Å². The first-order chi connectivity index (χ1) is 43.9. The lowest BCUT2D eigenvalue weighted by molar-refractivity contribution is -0.385. The van der Waals surface area contributed by atoms with Gasteiger partial charge in [0.2, 0.25) is 5.69 Å². The van der Waals surface area contributed by atoms with E-state index in [0.717, 1.165) is 21.8 Å². The Bertz CT molecular complexity index is 2950. The third kappa shape index (κ3) is 36.9. The summed E-state index contributed by atoms with van der Waals surface area (Å²) in [5, 5.41) is 21.0. The summed E-state index contributed by atoms with van der Waals surface area (Å²) in [7, 11) is -5.57. The van der Waals surface area contributed by atoms with Gasteiger partial charge in [-0.15, -0.1) is 0 Å². The van der Waals surface area contributed by atoms with Crippen LogP contribution in [0.5, 0.6) is 17.2 Å². The second-order valence-electron chi connectivity index (χ2n) is 16.2. The number of carbonyl (C=O) groups excluding carboxylic acids is 2. The minimum absolute atomic E-state index is 0.0107. The van der Waals surface area contributed by atoms with E-state index >= 15 is 0 Å². The lowest BCUT2D eigenvalue weighted by Crippen LogP contribution is -2.24. The molecular weight excluding hydrogens is 1490 g/mol. The van der Waals surface area contributed by atoms with Crippen molar-refractivity contribution >= 4 is 156 Å². The molecule has 0 radical (unpaired) electrons. The number of nitro benzene ring substituents is 2. The quantitative estimate of drug-likeness (QED) is 0.0133. The fourth-order valence-electron chi connectivity index (χ4n) is 5.99. The maximum atomic E-state index is 12.3. The second-order valence-corrected chi connectivity index (χ2v) is 34.3. The Morgan fingerprint density at radius 3 is 1.28 bits per heavy atom. The molecule has 2 unspecified atom stereocenters. The van der Waals surface area contributed by atoms with Crippen LogP contribution in [0, 0.1) is 20.2 Å². The first-order valence-corrected chi connectivity index (χ1v) is 42.5. The van der Waals surface area contributed by atoms with Crippen LogP contribution in [-0.2, 0) is 124 Å². The minimum atomic E-state index is -3.73. The van der Waals surface area contributed by atoms with Gasteiger partial charge in [0.15, 0.2) is 5.76 Å². The van der Waals surface area contributed by atoms with Crippen molar-refractivity contribution in [3.63, 3.8) is 0 Å². The molecule has 2 atom stereocenters. The number of hydrogen-bond acceptors (Lipinski definition) is 29. The third-order valence-corrected chi connectivity index (χ3v) is 25.2. The van der Waals surface area contributed by atoms with Crippen molar-refractivity contribution in [2.45, 2.75) is 85.8 Å². The number of rotatable bonds is 37. The number of esters is 2. The monoisotopic (exact) mass is 1560 g/mol. The van der Waals surface area contributed by atoms with Crippen LogP contribution in [-0.4, -0.2) is 118 Å². The van der Waals surface area contributed by atoms with Crippen molar-refractivity contribution in [1.82, 2.24) is 0 Å². The molecule has 0 aliphatic rings. The number of nitro groups is 2. The van der Waals surface area contributed by atoms with E-state index in [2.05, 4.69) is 0 Å². The molecule has 0 bridgehead atoms. The molecule has 27 nitrogen and oxygen atoms in total. The van der Waals surface area contributed by atoms with E-state index in [1.807, 2.05) is 13.8 Å². The van der Waals surface area contributed by atoms with E-state index in [-0.39, 0.29) is 68.9 Å². The van der Waals surface area contributed by atoms with Gasteiger partial charge >= 0.3 is 41.0 Å². The average molecular weight is 1560 g/mol. The van der Waals surface area contributed by atoms with Gasteiger partial charge in [-0.2, -0.15) is 0 Å². The Morgan fingerprint density at radius 1 is 0.570 bits per heavy atom. The van der Waals surface area contributed by atoms with Crippen molar-refractivity contribution in [3.05, 3.63) is 132 Å². The molecule has 4 rings (SSSR count). The van der Waals surface area contributed by atoms with Crippen LogP contribution in [0.1, 0.15) is 81.2 Å². The molecule has 0 aliphatic carbocycles. The van der Waals surface area contributed by atoms with Crippen LogP contribution in [0.2, 0.25) is 10.0 Å². The third-order valence-electron chi connectivity index (χ3n) is 9.62. The van der Waals surface area contributed by atoms with Crippen LogP contribution in [0.25, 0.3) is 5.76 Å². The molecule has 0 fully saturated rings. The van der Waals surface area contributed by atoms with Gasteiger partial charge in [-0.05, 0) is 148 Å². The molecule has 526 valence electrons. The van der Waals surface area contributed by atoms with Crippen LogP contribution < -0.4 is 13.6 Å². The minimum Gasteiger partial charge on any atom is -0.466 e. The molecular formula is C53H78Cl3N2O25P5S5. The topological polar surface area (TPSA) is 319 Å². The number of halogens is 3. The van der Waals surface area contributed by atoms with Crippen molar-refractivity contribution in [2.75, 3.05) is 86.5 Å². The maximum absolute atomic E-state index is 12.3. The summed E-state index contributed by atoms with van der Waals surface area (Å²) in [6.07, 6.45) is 1.50. The molecule has 0 saturated heterocycles. The van der Waals surface area contributed by atoms with Gasteiger partial charge in [-0.25, -0.2) is 9.13 Å². The Labute approximate surface area is 579 Å². The molecule has 0 saturated carbocycles. The summed E-state index contributed by atoms with van der Waals surface area (Å²) in [5.41, 5.74) is -1.19.